The van der Waals surface area contributed by atoms with Crippen molar-refractivity contribution in [1.82, 2.24) is 5.32 Å². The van der Waals surface area contributed by atoms with Gasteiger partial charge in [-0.15, -0.1) is 0 Å². The molecular formula is C16H16N2O3. The minimum atomic E-state index is -0.384. The maximum absolute atomic E-state index is 11.6. The number of amides is 2. The topological polar surface area (TPSA) is 70.6 Å². The zero-order valence-electron chi connectivity index (χ0n) is 11.5. The standard InChI is InChI=1S/C16H16N2O3/c1-21-15-7-5-12(6-8-15)9-10-17-16(20)18-13-3-2-4-14(19)11-13/h2-11,19H,1H3,(H2,17,18,20)/b10-9+. The molecule has 108 valence electrons. The van der Waals surface area contributed by atoms with E-state index in [1.807, 2.05) is 24.3 Å². The van der Waals surface area contributed by atoms with Crippen LogP contribution in [0.3, 0.4) is 0 Å². The van der Waals surface area contributed by atoms with Crippen LogP contribution in [0, 0.1) is 0 Å². The van der Waals surface area contributed by atoms with Gasteiger partial charge in [0, 0.05) is 18.0 Å². The molecule has 2 aromatic carbocycles. The number of anilines is 1. The third-order valence-electron chi connectivity index (χ3n) is 2.71. The molecule has 0 aromatic heterocycles. The molecule has 0 bridgehead atoms. The molecule has 0 saturated heterocycles. The normalized spacial score (nSPS) is 10.3. The Morgan fingerprint density at radius 1 is 1.19 bits per heavy atom. The largest absolute Gasteiger partial charge is 0.508 e. The van der Waals surface area contributed by atoms with Gasteiger partial charge in [-0.1, -0.05) is 18.2 Å². The van der Waals surface area contributed by atoms with Gasteiger partial charge in [0.05, 0.1) is 7.11 Å². The quantitative estimate of drug-likeness (QED) is 0.807. The highest BCUT2D eigenvalue weighted by Crippen LogP contribution is 2.15. The Labute approximate surface area is 122 Å². The van der Waals surface area contributed by atoms with Crippen LogP contribution in [0.15, 0.2) is 54.7 Å². The summed E-state index contributed by atoms with van der Waals surface area (Å²) in [5.74, 6) is 0.878. The molecule has 0 unspecified atom stereocenters. The van der Waals surface area contributed by atoms with E-state index in [1.54, 1.807) is 31.5 Å². The maximum Gasteiger partial charge on any atom is 0.323 e. The van der Waals surface area contributed by atoms with E-state index in [0.717, 1.165) is 11.3 Å². The summed E-state index contributed by atoms with van der Waals surface area (Å²) in [7, 11) is 1.61. The van der Waals surface area contributed by atoms with Crippen LogP contribution in [0.2, 0.25) is 0 Å². The number of phenolic OH excluding ortho intramolecular Hbond substituents is 1. The predicted octanol–water partition coefficient (Wildman–Crippen LogP) is 3.19. The van der Waals surface area contributed by atoms with Gasteiger partial charge in [0.1, 0.15) is 11.5 Å². The minimum Gasteiger partial charge on any atom is -0.508 e. The Morgan fingerprint density at radius 3 is 2.62 bits per heavy atom. The lowest BCUT2D eigenvalue weighted by Gasteiger charge is -2.04. The van der Waals surface area contributed by atoms with Gasteiger partial charge < -0.3 is 20.5 Å². The molecule has 21 heavy (non-hydrogen) atoms. The van der Waals surface area contributed by atoms with Gasteiger partial charge in [-0.25, -0.2) is 4.79 Å². The second-order valence-electron chi connectivity index (χ2n) is 4.26. The number of phenols is 1. The molecule has 0 aliphatic carbocycles. The zero-order chi connectivity index (χ0) is 15.1. The number of urea groups is 1. The predicted molar refractivity (Wildman–Crippen MR) is 82.3 cm³/mol. The lowest BCUT2D eigenvalue weighted by molar-refractivity contribution is 0.255. The van der Waals surface area contributed by atoms with Crippen LogP contribution >= 0.6 is 0 Å². The highest BCUT2D eigenvalue weighted by molar-refractivity contribution is 5.90. The van der Waals surface area contributed by atoms with Crippen LogP contribution in [0.4, 0.5) is 10.5 Å². The summed E-state index contributed by atoms with van der Waals surface area (Å²) in [5, 5.41) is 14.5. The Hall–Kier alpha value is -2.95. The van der Waals surface area contributed by atoms with Crippen molar-refractivity contribution in [3.05, 3.63) is 60.3 Å². The molecule has 0 spiro atoms. The molecule has 0 saturated carbocycles. The van der Waals surface area contributed by atoms with Crippen molar-refractivity contribution < 1.29 is 14.6 Å². The van der Waals surface area contributed by atoms with E-state index in [9.17, 15) is 9.90 Å². The summed E-state index contributed by atoms with van der Waals surface area (Å²) in [4.78, 5) is 11.6. The first-order valence-corrected chi connectivity index (χ1v) is 6.34. The van der Waals surface area contributed by atoms with Gasteiger partial charge in [-0.3, -0.25) is 0 Å². The van der Waals surface area contributed by atoms with Crippen molar-refractivity contribution in [3.8, 4) is 11.5 Å². The van der Waals surface area contributed by atoms with E-state index >= 15 is 0 Å². The SMILES string of the molecule is COc1ccc(/C=C/NC(=O)Nc2cccc(O)c2)cc1. The van der Waals surface area contributed by atoms with E-state index in [1.165, 1.54) is 12.1 Å². The van der Waals surface area contributed by atoms with E-state index in [0.29, 0.717) is 5.69 Å². The molecule has 0 aliphatic heterocycles. The first-order valence-electron chi connectivity index (χ1n) is 6.34. The van der Waals surface area contributed by atoms with Crippen molar-refractivity contribution in [2.24, 2.45) is 0 Å². The fourth-order valence-electron chi connectivity index (χ4n) is 1.68. The summed E-state index contributed by atoms with van der Waals surface area (Å²) >= 11 is 0. The number of benzene rings is 2. The maximum atomic E-state index is 11.6. The van der Waals surface area contributed by atoms with Crippen LogP contribution in [-0.4, -0.2) is 18.2 Å². The van der Waals surface area contributed by atoms with E-state index in [4.69, 9.17) is 4.74 Å². The van der Waals surface area contributed by atoms with E-state index in [-0.39, 0.29) is 11.8 Å². The van der Waals surface area contributed by atoms with E-state index < -0.39 is 0 Å². The van der Waals surface area contributed by atoms with Crippen molar-refractivity contribution in [1.29, 1.82) is 0 Å². The summed E-state index contributed by atoms with van der Waals surface area (Å²) in [6.07, 6.45) is 3.31. The molecule has 3 N–H and O–H groups in total. The van der Waals surface area contributed by atoms with Crippen molar-refractivity contribution in [2.75, 3.05) is 12.4 Å². The van der Waals surface area contributed by atoms with Gasteiger partial charge >= 0.3 is 6.03 Å². The van der Waals surface area contributed by atoms with Gasteiger partial charge in [0.2, 0.25) is 0 Å². The first kappa shape index (κ1) is 14.5. The average Bonchev–Trinajstić information content (AvgIpc) is 2.48. The van der Waals surface area contributed by atoms with Crippen LogP contribution in [-0.2, 0) is 0 Å². The van der Waals surface area contributed by atoms with Crippen LogP contribution in [0.25, 0.3) is 6.08 Å². The van der Waals surface area contributed by atoms with Crippen molar-refractivity contribution in [3.63, 3.8) is 0 Å². The second-order valence-corrected chi connectivity index (χ2v) is 4.26. The minimum absolute atomic E-state index is 0.0987. The summed E-state index contributed by atoms with van der Waals surface area (Å²) in [6, 6.07) is 13.4. The molecular weight excluding hydrogens is 268 g/mol. The molecule has 0 aliphatic rings. The van der Waals surface area contributed by atoms with Gasteiger partial charge in [-0.05, 0) is 35.9 Å². The molecule has 2 amide bonds. The summed E-state index contributed by atoms with van der Waals surface area (Å²) in [5.41, 5.74) is 1.46. The Kier molecular flexibility index (Phi) is 4.82. The fraction of sp³-hybridized carbons (Fsp3) is 0.0625. The lowest BCUT2D eigenvalue weighted by Crippen LogP contribution is -2.23. The molecule has 2 aromatic rings. The highest BCUT2D eigenvalue weighted by Gasteiger charge is 1.99. The first-order chi connectivity index (χ1) is 10.2. The Balaban J connectivity index is 1.86. The van der Waals surface area contributed by atoms with Gasteiger partial charge in [0.25, 0.3) is 0 Å². The number of methoxy groups -OCH3 is 1. The smallest absolute Gasteiger partial charge is 0.323 e. The Morgan fingerprint density at radius 2 is 1.95 bits per heavy atom. The lowest BCUT2D eigenvalue weighted by atomic mass is 10.2. The zero-order valence-corrected chi connectivity index (χ0v) is 11.5. The number of rotatable bonds is 4. The van der Waals surface area contributed by atoms with Crippen molar-refractivity contribution in [2.45, 2.75) is 0 Å². The number of hydrogen-bond acceptors (Lipinski definition) is 3. The molecule has 5 heteroatoms. The molecule has 5 nitrogen and oxygen atoms in total. The average molecular weight is 284 g/mol. The summed E-state index contributed by atoms with van der Waals surface area (Å²) < 4.78 is 5.06. The highest BCUT2D eigenvalue weighted by atomic mass is 16.5. The Bertz CT molecular complexity index is 636. The number of carbonyl (C=O) groups excluding carboxylic acids is 1. The second kappa shape index (κ2) is 7.00. The number of carbonyl (C=O) groups is 1. The summed E-state index contributed by atoms with van der Waals surface area (Å²) in [6.45, 7) is 0. The molecule has 0 fully saturated rings. The molecule has 0 heterocycles. The van der Waals surface area contributed by atoms with E-state index in [2.05, 4.69) is 10.6 Å². The third-order valence-corrected chi connectivity index (χ3v) is 2.71. The number of aromatic hydroxyl groups is 1. The molecule has 2 rings (SSSR count). The molecule has 0 radical (unpaired) electrons. The van der Waals surface area contributed by atoms with Crippen LogP contribution < -0.4 is 15.4 Å². The van der Waals surface area contributed by atoms with Crippen molar-refractivity contribution >= 4 is 17.8 Å². The third kappa shape index (κ3) is 4.58. The number of ether oxygens (including phenoxy) is 1. The number of nitrogens with one attached hydrogen (secondary N) is 2. The van der Waals surface area contributed by atoms with Crippen LogP contribution in [0.5, 0.6) is 11.5 Å². The van der Waals surface area contributed by atoms with Gasteiger partial charge in [-0.2, -0.15) is 0 Å². The van der Waals surface area contributed by atoms with Gasteiger partial charge in [0.15, 0.2) is 0 Å². The molecule has 0 atom stereocenters. The van der Waals surface area contributed by atoms with Crippen LogP contribution in [0.1, 0.15) is 5.56 Å². The monoisotopic (exact) mass is 284 g/mol. The number of hydrogen-bond donors (Lipinski definition) is 3. The fourth-order valence-corrected chi connectivity index (χ4v) is 1.68.